The summed E-state index contributed by atoms with van der Waals surface area (Å²) < 4.78 is 0. The van der Waals surface area contributed by atoms with Gasteiger partial charge in [-0.05, 0) is 25.7 Å². The molecule has 362 valence electrons. The Hall–Kier alpha value is -1.11. The third kappa shape index (κ3) is 41.4. The number of hydrogen-bond acceptors (Lipinski definition) is 6. The second-order valence-corrected chi connectivity index (χ2v) is 19.3. The number of carbonyl (C=O) groups excluding carboxylic acids is 3. The molecule has 0 saturated carbocycles. The highest BCUT2D eigenvalue weighted by atomic mass is 16.4. The predicted molar refractivity (Wildman–Crippen MR) is 261 cm³/mol. The molecule has 6 heteroatoms. The summed E-state index contributed by atoms with van der Waals surface area (Å²) in [6, 6.07) is 0. The maximum atomic E-state index is 13.5. The Bertz CT molecular complexity index is 889. The van der Waals surface area contributed by atoms with Gasteiger partial charge in [0.2, 0.25) is 0 Å². The second kappa shape index (κ2) is 48.3. The number of ketones is 3. The summed E-state index contributed by atoms with van der Waals surface area (Å²) in [4.78, 5) is 38.8. The van der Waals surface area contributed by atoms with Gasteiger partial charge in [-0.25, -0.2) is 0 Å². The highest BCUT2D eigenvalue weighted by molar-refractivity contribution is 6.02. The first-order valence-corrected chi connectivity index (χ1v) is 27.4. The summed E-state index contributed by atoms with van der Waals surface area (Å²) in [5.74, 6) is -0.301. The Morgan fingerprint density at radius 2 is 0.525 bits per heavy atom. The molecule has 3 N–H and O–H groups in total. The van der Waals surface area contributed by atoms with E-state index in [0.29, 0.717) is 19.3 Å². The summed E-state index contributed by atoms with van der Waals surface area (Å²) in [6.45, 7) is 3.96. The van der Waals surface area contributed by atoms with Gasteiger partial charge in [-0.1, -0.05) is 264 Å². The zero-order valence-electron chi connectivity index (χ0n) is 41.0. The zero-order chi connectivity index (χ0) is 44.7. The Balaban J connectivity index is 4.27. The maximum Gasteiger partial charge on any atom is 0.164 e. The molecule has 0 aliphatic heterocycles. The van der Waals surface area contributed by atoms with E-state index in [4.69, 9.17) is 5.11 Å². The van der Waals surface area contributed by atoms with Crippen molar-refractivity contribution < 1.29 is 29.7 Å². The van der Waals surface area contributed by atoms with Gasteiger partial charge in [-0.2, -0.15) is 0 Å². The molecule has 2 atom stereocenters. The molecule has 6 nitrogen and oxygen atoms in total. The third-order valence-electron chi connectivity index (χ3n) is 13.4. The fourth-order valence-electron chi connectivity index (χ4n) is 9.07. The smallest absolute Gasteiger partial charge is 0.164 e. The van der Waals surface area contributed by atoms with Gasteiger partial charge in [0, 0.05) is 19.3 Å². The average Bonchev–Trinajstić information content (AvgIpc) is 3.26. The molecule has 0 rings (SSSR count). The minimum Gasteiger partial charge on any atom is -0.394 e. The molecular formula is C55H106O6. The molecule has 0 saturated heterocycles. The van der Waals surface area contributed by atoms with Gasteiger partial charge in [0.1, 0.15) is 23.8 Å². The number of Topliss-reactive ketones (excluding diaryl/α,β-unsaturated/α-hetero) is 3. The first-order valence-electron chi connectivity index (χ1n) is 27.4. The van der Waals surface area contributed by atoms with Crippen LogP contribution < -0.4 is 0 Å². The lowest BCUT2D eigenvalue weighted by Crippen LogP contribution is -2.36. The van der Waals surface area contributed by atoms with Crippen LogP contribution in [-0.2, 0) is 14.4 Å². The molecule has 0 bridgehead atoms. The van der Waals surface area contributed by atoms with Crippen LogP contribution in [0.15, 0.2) is 0 Å². The van der Waals surface area contributed by atoms with Crippen LogP contribution in [0.25, 0.3) is 0 Å². The number of aliphatic hydroxyl groups excluding tert-OH is 3. The van der Waals surface area contributed by atoms with E-state index in [1.165, 1.54) is 205 Å². The van der Waals surface area contributed by atoms with E-state index in [1.807, 2.05) is 0 Å². The summed E-state index contributed by atoms with van der Waals surface area (Å²) >= 11 is 0. The number of rotatable bonds is 52. The monoisotopic (exact) mass is 863 g/mol. The number of aliphatic hydroxyl groups is 3. The molecule has 0 aliphatic rings. The fraction of sp³-hybridized carbons (Fsp3) is 0.945. The minimum atomic E-state index is -1.47. The Kier molecular flexibility index (Phi) is 47.5. The molecule has 61 heavy (non-hydrogen) atoms. The van der Waals surface area contributed by atoms with E-state index >= 15 is 0 Å². The van der Waals surface area contributed by atoms with E-state index in [2.05, 4.69) is 13.8 Å². The van der Waals surface area contributed by atoms with Crippen LogP contribution in [0, 0.1) is 5.92 Å². The van der Waals surface area contributed by atoms with Gasteiger partial charge in [-0.15, -0.1) is 0 Å². The van der Waals surface area contributed by atoms with Crippen LogP contribution in [-0.4, -0.2) is 51.5 Å². The molecule has 0 aromatic carbocycles. The van der Waals surface area contributed by atoms with Gasteiger partial charge >= 0.3 is 0 Å². The Morgan fingerprint density at radius 3 is 0.770 bits per heavy atom. The highest BCUT2D eigenvalue weighted by Crippen LogP contribution is 2.22. The summed E-state index contributed by atoms with van der Waals surface area (Å²) in [5, 5.41) is 27.9. The number of carbonyl (C=O) groups is 3. The standard InChI is InChI=1S/C55H106O6/c1-3-5-7-9-11-13-15-17-19-21-26-30-34-38-42-46-51(57)50(52(58)47-43-39-35-31-27-22-20-18-16-14-12-10-8-6-4-2)45-41-37-33-29-25-23-24-28-32-36-40-44-48-53(59)55(61)54(60)49-56/h50,54-56,60-61H,3-49H2,1-2H3. The molecule has 0 amide bonds. The quantitative estimate of drug-likeness (QED) is 0.0415. The highest BCUT2D eigenvalue weighted by Gasteiger charge is 2.25. The van der Waals surface area contributed by atoms with Crippen molar-refractivity contribution >= 4 is 17.3 Å². The number of hydrogen-bond donors (Lipinski definition) is 3. The second-order valence-electron chi connectivity index (χ2n) is 19.3. The van der Waals surface area contributed by atoms with Crippen molar-refractivity contribution in [1.29, 1.82) is 0 Å². The van der Waals surface area contributed by atoms with Gasteiger partial charge in [0.15, 0.2) is 5.78 Å². The molecule has 0 fully saturated rings. The average molecular weight is 863 g/mol. The molecule has 0 aromatic rings. The molecule has 0 aromatic heterocycles. The molecule has 2 unspecified atom stereocenters. The number of unbranched alkanes of at least 4 members (excludes halogenated alkanes) is 39. The molecule has 0 spiro atoms. The summed E-state index contributed by atoms with van der Waals surface area (Å²) in [6.07, 6.45) is 52.2. The van der Waals surface area contributed by atoms with E-state index in [9.17, 15) is 24.6 Å². The molecule has 0 aliphatic carbocycles. The minimum absolute atomic E-state index is 0.227. The summed E-state index contributed by atoms with van der Waals surface area (Å²) in [7, 11) is 0. The first-order chi connectivity index (χ1) is 29.9. The van der Waals surface area contributed by atoms with Gasteiger partial charge in [-0.3, -0.25) is 14.4 Å². The van der Waals surface area contributed by atoms with Crippen LogP contribution in [0.5, 0.6) is 0 Å². The normalized spacial score (nSPS) is 12.7. The van der Waals surface area contributed by atoms with Crippen molar-refractivity contribution in [2.24, 2.45) is 5.92 Å². The van der Waals surface area contributed by atoms with E-state index < -0.39 is 18.8 Å². The SMILES string of the molecule is CCCCCCCCCCCCCCCCCC(=O)C(CCCCCCCCCCCCCCC(=O)C(O)C(O)CO)C(=O)CCCCCCCCCCCCCCCCC. The molecule has 0 heterocycles. The van der Waals surface area contributed by atoms with Gasteiger partial charge in [0.05, 0.1) is 12.5 Å². The zero-order valence-corrected chi connectivity index (χ0v) is 41.0. The third-order valence-corrected chi connectivity index (χ3v) is 13.4. The Labute approximate surface area is 379 Å². The van der Waals surface area contributed by atoms with Crippen LogP contribution in [0.3, 0.4) is 0 Å². The van der Waals surface area contributed by atoms with Crippen LogP contribution in [0.1, 0.15) is 309 Å². The van der Waals surface area contributed by atoms with E-state index in [1.54, 1.807) is 0 Å². The van der Waals surface area contributed by atoms with E-state index in [-0.39, 0.29) is 29.7 Å². The van der Waals surface area contributed by atoms with Gasteiger partial charge in [0.25, 0.3) is 0 Å². The predicted octanol–water partition coefficient (Wildman–Crippen LogP) is 16.0. The lowest BCUT2D eigenvalue weighted by molar-refractivity contribution is -0.135. The Morgan fingerprint density at radius 1 is 0.311 bits per heavy atom. The largest absolute Gasteiger partial charge is 0.394 e. The molecular weight excluding hydrogens is 757 g/mol. The first kappa shape index (κ1) is 59.9. The van der Waals surface area contributed by atoms with Crippen molar-refractivity contribution in [2.45, 2.75) is 321 Å². The van der Waals surface area contributed by atoms with Crippen LogP contribution >= 0.6 is 0 Å². The lowest BCUT2D eigenvalue weighted by Gasteiger charge is -2.15. The van der Waals surface area contributed by atoms with Crippen molar-refractivity contribution in [3.05, 3.63) is 0 Å². The van der Waals surface area contributed by atoms with Crippen molar-refractivity contribution in [2.75, 3.05) is 6.61 Å². The lowest BCUT2D eigenvalue weighted by atomic mass is 9.87. The fourth-order valence-corrected chi connectivity index (χ4v) is 9.07. The summed E-state index contributed by atoms with van der Waals surface area (Å²) in [5.41, 5.74) is 0. The van der Waals surface area contributed by atoms with Crippen LogP contribution in [0.4, 0.5) is 0 Å². The van der Waals surface area contributed by atoms with Crippen molar-refractivity contribution in [3.63, 3.8) is 0 Å². The van der Waals surface area contributed by atoms with Crippen molar-refractivity contribution in [3.8, 4) is 0 Å². The van der Waals surface area contributed by atoms with Gasteiger partial charge < -0.3 is 15.3 Å². The molecule has 0 radical (unpaired) electrons. The van der Waals surface area contributed by atoms with Crippen LogP contribution in [0.2, 0.25) is 0 Å². The topological polar surface area (TPSA) is 112 Å². The van der Waals surface area contributed by atoms with E-state index in [0.717, 1.165) is 64.2 Å². The maximum absolute atomic E-state index is 13.5. The van der Waals surface area contributed by atoms with Crippen molar-refractivity contribution in [1.82, 2.24) is 0 Å².